The van der Waals surface area contributed by atoms with Crippen molar-refractivity contribution in [2.45, 2.75) is 118 Å². The Labute approximate surface area is 231 Å². The van der Waals surface area contributed by atoms with Crippen LogP contribution in [-0.4, -0.2) is 41.5 Å². The lowest BCUT2D eigenvalue weighted by Gasteiger charge is -2.18. The van der Waals surface area contributed by atoms with Crippen molar-refractivity contribution in [2.24, 2.45) is 0 Å². The van der Waals surface area contributed by atoms with Crippen molar-refractivity contribution in [2.75, 3.05) is 25.6 Å². The Kier molecular flexibility index (Phi) is 26.2. The van der Waals surface area contributed by atoms with E-state index in [1.807, 2.05) is 46.6 Å². The Balaban J connectivity index is 0. The molecule has 0 fully saturated rings. The van der Waals surface area contributed by atoms with Crippen LogP contribution in [0.4, 0.5) is 5.82 Å². The smallest absolute Gasteiger partial charge is 0.212 e. The second-order valence-corrected chi connectivity index (χ2v) is 8.41. The standard InChI is InChI=1S/C23H33N3O2.C3H8.2C2H6.CH5P/c1-3-17(19-10-14-22(28-2)25-16-19)6-4-8-21(27)13-12-20-11-9-18-7-5-15-24-23(18)26-20;1-3-2;3*1-2/h9-11,14,16-17,21,27H,3-8,12-13,15H2,1-2H3,(H,24,26);3H2,1-2H3;2*1-2H3;2H2,1H3. The van der Waals surface area contributed by atoms with Gasteiger partial charge in [0.2, 0.25) is 5.88 Å². The van der Waals surface area contributed by atoms with Crippen molar-refractivity contribution in [3.8, 4) is 5.88 Å². The van der Waals surface area contributed by atoms with Gasteiger partial charge in [-0.1, -0.05) is 80.1 Å². The van der Waals surface area contributed by atoms with Crippen molar-refractivity contribution < 1.29 is 9.84 Å². The molecule has 5 nitrogen and oxygen atoms in total. The van der Waals surface area contributed by atoms with Gasteiger partial charge in [0.05, 0.1) is 13.2 Å². The first kappa shape index (κ1) is 37.4. The average molecular weight is 536 g/mol. The largest absolute Gasteiger partial charge is 0.481 e. The molecule has 0 aliphatic carbocycles. The van der Waals surface area contributed by atoms with Crippen LogP contribution in [0.5, 0.6) is 5.88 Å². The Morgan fingerprint density at radius 3 is 2.24 bits per heavy atom. The summed E-state index contributed by atoms with van der Waals surface area (Å²) in [5.41, 5.74) is 3.64. The molecule has 2 N–H and O–H groups in total. The van der Waals surface area contributed by atoms with E-state index < -0.39 is 0 Å². The summed E-state index contributed by atoms with van der Waals surface area (Å²) in [7, 11) is 4.05. The van der Waals surface area contributed by atoms with Crippen LogP contribution >= 0.6 is 9.24 Å². The van der Waals surface area contributed by atoms with Crippen molar-refractivity contribution in [1.29, 1.82) is 0 Å². The highest BCUT2D eigenvalue weighted by molar-refractivity contribution is 7.15. The molecule has 1 aliphatic heterocycles. The Morgan fingerprint density at radius 2 is 1.68 bits per heavy atom. The monoisotopic (exact) mass is 535 g/mol. The fraction of sp³-hybridized carbons (Fsp3) is 0.677. The zero-order valence-corrected chi connectivity index (χ0v) is 26.6. The van der Waals surface area contributed by atoms with Crippen molar-refractivity contribution >= 4 is 15.1 Å². The molecular formula is C31H58N3O2P. The van der Waals surface area contributed by atoms with E-state index in [2.05, 4.69) is 58.5 Å². The molecule has 37 heavy (non-hydrogen) atoms. The number of aromatic nitrogens is 2. The molecule has 0 spiro atoms. The van der Waals surface area contributed by atoms with Gasteiger partial charge in [-0.3, -0.25) is 0 Å². The van der Waals surface area contributed by atoms with Crippen LogP contribution in [-0.2, 0) is 12.8 Å². The molecular weight excluding hydrogens is 477 g/mol. The second-order valence-electron chi connectivity index (χ2n) is 8.41. The summed E-state index contributed by atoms with van der Waals surface area (Å²) in [4.78, 5) is 9.04. The lowest BCUT2D eigenvalue weighted by Crippen LogP contribution is -2.15. The van der Waals surface area contributed by atoms with E-state index in [0.29, 0.717) is 11.8 Å². The summed E-state index contributed by atoms with van der Waals surface area (Å²) in [6.07, 6.45) is 10.8. The molecule has 0 bridgehead atoms. The average Bonchev–Trinajstić information content (AvgIpc) is 2.98. The van der Waals surface area contributed by atoms with E-state index in [1.54, 1.807) is 7.11 Å². The number of aliphatic hydroxyl groups excluding tert-OH is 1. The molecule has 0 radical (unpaired) electrons. The Bertz CT molecular complexity index is 757. The lowest BCUT2D eigenvalue weighted by molar-refractivity contribution is 0.150. The highest BCUT2D eigenvalue weighted by atomic mass is 31.0. The maximum Gasteiger partial charge on any atom is 0.212 e. The van der Waals surface area contributed by atoms with Crippen LogP contribution in [0.15, 0.2) is 30.5 Å². The predicted octanol–water partition coefficient (Wildman–Crippen LogP) is 8.46. The van der Waals surface area contributed by atoms with Gasteiger partial charge in [-0.15, -0.1) is 9.24 Å². The molecule has 3 atom stereocenters. The van der Waals surface area contributed by atoms with Gasteiger partial charge in [-0.05, 0) is 68.1 Å². The normalized spacial score (nSPS) is 12.6. The topological polar surface area (TPSA) is 67.3 Å². The number of ether oxygens (including phenoxy) is 1. The van der Waals surface area contributed by atoms with E-state index in [-0.39, 0.29) is 6.10 Å². The van der Waals surface area contributed by atoms with E-state index in [1.165, 1.54) is 24.0 Å². The van der Waals surface area contributed by atoms with Crippen molar-refractivity contribution in [3.63, 3.8) is 0 Å². The zero-order valence-electron chi connectivity index (χ0n) is 25.4. The molecule has 0 saturated heterocycles. The minimum atomic E-state index is -0.266. The van der Waals surface area contributed by atoms with Crippen molar-refractivity contribution in [1.82, 2.24) is 9.97 Å². The van der Waals surface area contributed by atoms with Crippen LogP contribution in [0.3, 0.4) is 0 Å². The van der Waals surface area contributed by atoms with Gasteiger partial charge in [-0.2, -0.15) is 0 Å². The number of anilines is 1. The predicted molar refractivity (Wildman–Crippen MR) is 167 cm³/mol. The van der Waals surface area contributed by atoms with E-state index in [0.717, 1.165) is 63.0 Å². The second kappa shape index (κ2) is 25.9. The highest BCUT2D eigenvalue weighted by Crippen LogP contribution is 2.27. The number of pyridine rings is 2. The maximum atomic E-state index is 10.4. The summed E-state index contributed by atoms with van der Waals surface area (Å²) in [6.45, 7) is 17.4. The number of fused-ring (bicyclic) bond motifs is 1. The first-order valence-electron chi connectivity index (χ1n) is 14.6. The molecule has 6 heteroatoms. The van der Waals surface area contributed by atoms with Gasteiger partial charge in [0.25, 0.3) is 0 Å². The SMILES string of the molecule is CC.CC.CCC.CCC(CCCC(O)CCc1ccc2c(n1)NCCC2)c1ccc(OC)nc1.CP. The number of aliphatic hydroxyl groups is 1. The number of methoxy groups -OCH3 is 1. The highest BCUT2D eigenvalue weighted by Gasteiger charge is 2.14. The van der Waals surface area contributed by atoms with Gasteiger partial charge in [-0.25, -0.2) is 9.97 Å². The van der Waals surface area contributed by atoms with Gasteiger partial charge < -0.3 is 15.2 Å². The van der Waals surface area contributed by atoms with Gasteiger partial charge in [0.1, 0.15) is 5.82 Å². The lowest BCUT2D eigenvalue weighted by atomic mass is 9.91. The molecule has 3 heterocycles. The third-order valence-corrected chi connectivity index (χ3v) is 5.71. The number of nitrogens with zero attached hydrogens (tertiary/aromatic N) is 2. The van der Waals surface area contributed by atoms with Gasteiger partial charge in [0.15, 0.2) is 0 Å². The molecule has 2 aromatic rings. The van der Waals surface area contributed by atoms with Gasteiger partial charge >= 0.3 is 0 Å². The molecule has 0 aromatic carbocycles. The summed E-state index contributed by atoms with van der Waals surface area (Å²) in [5, 5.41) is 13.8. The van der Waals surface area contributed by atoms with Crippen LogP contribution in [0.2, 0.25) is 0 Å². The summed E-state index contributed by atoms with van der Waals surface area (Å²) in [5.74, 6) is 2.18. The minimum Gasteiger partial charge on any atom is -0.481 e. The molecule has 0 saturated carbocycles. The van der Waals surface area contributed by atoms with Crippen LogP contribution in [0, 0.1) is 0 Å². The molecule has 3 rings (SSSR count). The molecule has 2 aromatic heterocycles. The van der Waals surface area contributed by atoms with Gasteiger partial charge in [0, 0.05) is 24.5 Å². The fourth-order valence-electron chi connectivity index (χ4n) is 3.93. The molecule has 214 valence electrons. The first-order chi connectivity index (χ1) is 18.1. The molecule has 1 aliphatic rings. The van der Waals surface area contributed by atoms with E-state index in [4.69, 9.17) is 9.72 Å². The zero-order chi connectivity index (χ0) is 28.5. The first-order valence-corrected chi connectivity index (χ1v) is 15.7. The minimum absolute atomic E-state index is 0.266. The maximum absolute atomic E-state index is 10.4. The Hall–Kier alpha value is -1.71. The third kappa shape index (κ3) is 16.0. The number of hydrogen-bond donors (Lipinski definition) is 2. The molecule has 3 unspecified atom stereocenters. The van der Waals surface area contributed by atoms with E-state index in [9.17, 15) is 5.11 Å². The molecule has 0 amide bonds. The number of nitrogens with one attached hydrogen (secondary N) is 1. The van der Waals surface area contributed by atoms with Crippen LogP contribution in [0.1, 0.15) is 116 Å². The number of aryl methyl sites for hydroxylation is 2. The number of rotatable bonds is 10. The summed E-state index contributed by atoms with van der Waals surface area (Å²) in [6, 6.07) is 8.33. The van der Waals surface area contributed by atoms with Crippen molar-refractivity contribution in [3.05, 3.63) is 47.3 Å². The Morgan fingerprint density at radius 1 is 1.00 bits per heavy atom. The van der Waals surface area contributed by atoms with Crippen LogP contribution < -0.4 is 10.1 Å². The van der Waals surface area contributed by atoms with Crippen LogP contribution in [0.25, 0.3) is 0 Å². The number of hydrogen-bond acceptors (Lipinski definition) is 5. The summed E-state index contributed by atoms with van der Waals surface area (Å²) < 4.78 is 5.14. The third-order valence-electron chi connectivity index (χ3n) is 5.71. The summed E-state index contributed by atoms with van der Waals surface area (Å²) >= 11 is 0. The quantitative estimate of drug-likeness (QED) is 0.299. The van der Waals surface area contributed by atoms with E-state index >= 15 is 0 Å². The fourth-order valence-corrected chi connectivity index (χ4v) is 3.93.